The normalized spacial score (nSPS) is 28.5. The molecule has 3 unspecified atom stereocenters. The van der Waals surface area contributed by atoms with Crippen molar-refractivity contribution in [3.63, 3.8) is 0 Å². The van der Waals surface area contributed by atoms with Crippen LogP contribution in [0.15, 0.2) is 23.8 Å². The molecule has 0 spiro atoms. The number of nitrogen functional groups attached to an aromatic ring is 2. The smallest absolute Gasteiger partial charge is 0.410 e. The summed E-state index contributed by atoms with van der Waals surface area (Å²) in [5, 5.41) is 8.64. The van der Waals surface area contributed by atoms with E-state index in [2.05, 4.69) is 42.2 Å². The molecule has 19 nitrogen and oxygen atoms in total. The summed E-state index contributed by atoms with van der Waals surface area (Å²) < 4.78 is 62.4. The summed E-state index contributed by atoms with van der Waals surface area (Å²) >= 11 is 10.4. The molecule has 284 valence electrons. The van der Waals surface area contributed by atoms with E-state index in [0.717, 1.165) is 0 Å². The Labute approximate surface area is 312 Å². The van der Waals surface area contributed by atoms with Crippen LogP contribution in [0.25, 0.3) is 22.3 Å². The molecule has 0 bridgehead atoms. The van der Waals surface area contributed by atoms with Gasteiger partial charge in [-0.25, -0.2) is 28.9 Å². The number of rotatable bonds is 12. The van der Waals surface area contributed by atoms with Gasteiger partial charge in [0.25, 0.3) is 5.56 Å². The van der Waals surface area contributed by atoms with E-state index in [1.165, 1.54) is 39.9 Å². The van der Waals surface area contributed by atoms with Crippen molar-refractivity contribution in [3.05, 3.63) is 29.3 Å². The summed E-state index contributed by atoms with van der Waals surface area (Å²) in [7, 11) is -7.67. The van der Waals surface area contributed by atoms with Crippen molar-refractivity contribution in [1.82, 2.24) is 39.0 Å². The number of ether oxygens (including phenoxy) is 1. The highest BCUT2D eigenvalue weighted by molar-refractivity contribution is 8.54. The number of thioether (sulfide) groups is 1. The first kappa shape index (κ1) is 39.5. The number of imidazole rings is 2. The predicted molar refractivity (Wildman–Crippen MR) is 199 cm³/mol. The molecule has 52 heavy (non-hydrogen) atoms. The molecule has 0 aromatic carbocycles. The van der Waals surface area contributed by atoms with Crippen LogP contribution < -0.4 is 17.0 Å². The zero-order valence-corrected chi connectivity index (χ0v) is 33.7. The molecule has 0 amide bonds. The van der Waals surface area contributed by atoms with Crippen LogP contribution in [0, 0.1) is 0 Å². The minimum absolute atomic E-state index is 0.0308. The summed E-state index contributed by atoms with van der Waals surface area (Å²) in [6.45, 7) is 8.95. The van der Waals surface area contributed by atoms with Gasteiger partial charge >= 0.3 is 13.9 Å². The molecule has 10 atom stereocenters. The largest absolute Gasteiger partial charge is 0.472 e. The van der Waals surface area contributed by atoms with Crippen molar-refractivity contribution in [1.29, 1.82) is 0 Å². The average molecular weight is 840 g/mol. The van der Waals surface area contributed by atoms with Gasteiger partial charge < -0.3 is 30.6 Å². The fourth-order valence-corrected chi connectivity index (χ4v) is 10.7. The second kappa shape index (κ2) is 14.8. The predicted octanol–water partition coefficient (Wildman–Crippen LogP) is 2.95. The highest BCUT2D eigenvalue weighted by Gasteiger charge is 2.55. The number of hydrogen-bond acceptors (Lipinski definition) is 17. The first-order chi connectivity index (χ1) is 24.3. The van der Waals surface area contributed by atoms with Gasteiger partial charge in [-0.3, -0.25) is 28.0 Å². The van der Waals surface area contributed by atoms with Gasteiger partial charge in [0.2, 0.25) is 17.8 Å². The van der Waals surface area contributed by atoms with Gasteiger partial charge in [0.05, 0.1) is 37.2 Å². The number of hydrogen-bond donors (Lipinski definition) is 6. The second-order valence-electron chi connectivity index (χ2n) is 13.6. The average Bonchev–Trinajstić information content (AvgIpc) is 3.81. The van der Waals surface area contributed by atoms with E-state index in [9.17, 15) is 19.4 Å². The zero-order chi connectivity index (χ0) is 37.9. The van der Waals surface area contributed by atoms with Crippen molar-refractivity contribution < 1.29 is 41.7 Å². The number of aromatic amines is 1. The Balaban J connectivity index is 1.30. The minimum Gasteiger partial charge on any atom is -0.410 e. The van der Waals surface area contributed by atoms with Crippen molar-refractivity contribution >= 4 is 92.2 Å². The quantitative estimate of drug-likeness (QED) is 0.0680. The number of fused-ring (bicyclic) bond motifs is 2. The zero-order valence-electron chi connectivity index (χ0n) is 28.3. The molecule has 6 rings (SSSR count). The Morgan fingerprint density at radius 2 is 1.85 bits per heavy atom. The Morgan fingerprint density at radius 3 is 2.52 bits per heavy atom. The number of alkyl halides is 1. The molecule has 2 aliphatic rings. The molecule has 26 heteroatoms. The van der Waals surface area contributed by atoms with Crippen molar-refractivity contribution in [2.24, 2.45) is 0 Å². The van der Waals surface area contributed by atoms with Crippen LogP contribution in [0.2, 0.25) is 18.1 Å². The first-order valence-corrected chi connectivity index (χ1v) is 24.5. The lowest BCUT2D eigenvalue weighted by Crippen LogP contribution is -2.50. The number of thiol groups is 1. The molecule has 2 aliphatic heterocycles. The third-order valence-corrected chi connectivity index (χ3v) is 17.2. The van der Waals surface area contributed by atoms with Crippen LogP contribution in [0.1, 0.15) is 32.4 Å². The van der Waals surface area contributed by atoms with Crippen LogP contribution in [-0.2, 0) is 39.1 Å². The maximum absolute atomic E-state index is 16.0. The topological polar surface area (TPSA) is 263 Å². The van der Waals surface area contributed by atoms with Crippen LogP contribution in [0.5, 0.6) is 0 Å². The van der Waals surface area contributed by atoms with Gasteiger partial charge in [-0.05, 0) is 18.1 Å². The number of nitrogens with zero attached hydrogens (tertiary/aromatic N) is 7. The van der Waals surface area contributed by atoms with Gasteiger partial charge in [0.15, 0.2) is 49.4 Å². The summed E-state index contributed by atoms with van der Waals surface area (Å²) in [6, 6.07) is 0. The number of nitrogens with one attached hydrogen (secondary N) is 1. The number of nitrogens with two attached hydrogens (primary N) is 2. The molecule has 0 saturated carbocycles. The van der Waals surface area contributed by atoms with E-state index < -0.39 is 81.9 Å². The monoisotopic (exact) mass is 839 g/mol. The van der Waals surface area contributed by atoms with Gasteiger partial charge in [-0.1, -0.05) is 20.8 Å². The molecule has 2 fully saturated rings. The Hall–Kier alpha value is -2.18. The second-order valence-corrected chi connectivity index (χ2v) is 24.7. The number of phosphoric acid groups is 1. The number of halogens is 1. The Bertz CT molecular complexity index is 2090. The summed E-state index contributed by atoms with van der Waals surface area (Å²) in [6.07, 6.45) is -6.16. The number of aliphatic hydroxyl groups is 1. The summed E-state index contributed by atoms with van der Waals surface area (Å²) in [5.41, 5.74) is 11.6. The van der Waals surface area contributed by atoms with Crippen molar-refractivity contribution in [2.75, 3.05) is 24.7 Å². The molecule has 0 aliphatic carbocycles. The lowest BCUT2D eigenvalue weighted by molar-refractivity contribution is -0.0486. The number of anilines is 2. The van der Waals surface area contributed by atoms with Gasteiger partial charge in [-0.2, -0.15) is 4.98 Å². The number of aliphatic hydroxyl groups excluding tert-OH is 1. The number of phosphoric ester groups is 1. The maximum Gasteiger partial charge on any atom is 0.472 e. The SMILES string of the molecule is CC(C)(C)[Si](C)(C)OC1[C@@H](OP(=O)(O)OC[C@H]2O[C@@H](n3cnc4c(N)ncnc43)[C@@H](F)[C@@H]2O[P+](=S)S)[C@H](n2cnc3c(=O)[nH]c(N)nc32)S[C@@H]1CO. The molecule has 7 N–H and O–H groups in total. The Kier molecular flexibility index (Phi) is 11.3. The number of aromatic nitrogens is 8. The van der Waals surface area contributed by atoms with E-state index in [-0.39, 0.29) is 45.7 Å². The highest BCUT2D eigenvalue weighted by Crippen LogP contribution is 2.56. The van der Waals surface area contributed by atoms with Gasteiger partial charge in [0.1, 0.15) is 41.7 Å². The third-order valence-electron chi connectivity index (χ3n) is 9.22. The van der Waals surface area contributed by atoms with Gasteiger partial charge in [0, 0.05) is 0 Å². The van der Waals surface area contributed by atoms with Crippen molar-refractivity contribution in [3.8, 4) is 0 Å². The fraction of sp³-hybridized carbons (Fsp3) is 0.615. The number of H-pyrrole nitrogens is 1. The van der Waals surface area contributed by atoms with Crippen LogP contribution in [0.4, 0.5) is 16.2 Å². The van der Waals surface area contributed by atoms with E-state index in [0.29, 0.717) is 0 Å². The standard InChI is InChI=1S/C26H37FN10O9P2S3Si/c1-26(2,3)52(4,5)46-17-12(6-38)51-24(37-10-33-15-21(37)34-25(29)35-22(15)39)18(17)45-48(40,41)42-7-11-16(44-47(49)50)13(27)23(43-11)36-9-32-14-19(28)30-8-31-20(14)36/h8-13,16-18,23-24,38H,6-7H2,1-5H3,(H6-,28,29,30,31,34,35,39,40,41,49,50)/p+1/t11-,12-,13+,16-,17?,18-,23-,24-/m1/s1. The van der Waals surface area contributed by atoms with Gasteiger partial charge in [-0.15, -0.1) is 16.3 Å². The van der Waals surface area contributed by atoms with E-state index in [1.54, 1.807) is 0 Å². The fourth-order valence-electron chi connectivity index (χ4n) is 5.67. The van der Waals surface area contributed by atoms with E-state index in [1.807, 2.05) is 33.9 Å². The molecular formula is C26H38FN10O9P2S3Si+. The summed E-state index contributed by atoms with van der Waals surface area (Å²) in [4.78, 5) is 46.8. The first-order valence-electron chi connectivity index (χ1n) is 15.7. The molecule has 6 heterocycles. The molecule has 0 radical (unpaired) electrons. The molecule has 2 saturated heterocycles. The third kappa shape index (κ3) is 7.68. The molecular weight excluding hydrogens is 802 g/mol. The van der Waals surface area contributed by atoms with Crippen molar-refractivity contribution in [2.45, 2.75) is 86.3 Å². The van der Waals surface area contributed by atoms with Crippen LogP contribution in [-0.4, -0.2) is 106 Å². The molecule has 4 aromatic rings. The van der Waals surface area contributed by atoms with Crippen LogP contribution >= 0.6 is 38.0 Å². The molecule has 4 aromatic heterocycles. The minimum atomic E-state index is -5.06. The van der Waals surface area contributed by atoms with Crippen LogP contribution in [0.3, 0.4) is 0 Å². The maximum atomic E-state index is 16.0. The lowest BCUT2D eigenvalue weighted by atomic mass is 10.1. The van der Waals surface area contributed by atoms with E-state index >= 15 is 4.39 Å². The van der Waals surface area contributed by atoms with E-state index in [4.69, 9.17) is 46.0 Å². The highest BCUT2D eigenvalue weighted by atomic mass is 32.9. The Morgan fingerprint density at radius 1 is 1.15 bits per heavy atom. The lowest BCUT2D eigenvalue weighted by Gasteiger charge is -2.41. The summed E-state index contributed by atoms with van der Waals surface area (Å²) in [5.74, 6) is -0.102.